The molecule has 0 aromatic heterocycles. The number of anilines is 1. The number of benzene rings is 1. The molecule has 2 N–H and O–H groups in total. The van der Waals surface area contributed by atoms with E-state index < -0.39 is 0 Å². The van der Waals surface area contributed by atoms with Crippen LogP contribution in [0.4, 0.5) is 5.69 Å². The summed E-state index contributed by atoms with van der Waals surface area (Å²) in [6.07, 6.45) is 0.252. The number of nitrogens with one attached hydrogen (secondary N) is 2. The Hall–Kier alpha value is -1.63. The second-order valence-corrected chi connectivity index (χ2v) is 7.15. The Morgan fingerprint density at radius 3 is 2.88 bits per heavy atom. The zero-order valence-electron chi connectivity index (χ0n) is 14.5. The first-order valence-electron chi connectivity index (χ1n) is 8.80. The lowest BCUT2D eigenvalue weighted by Gasteiger charge is -2.24. The topological polar surface area (TPSA) is 63.1 Å². The van der Waals surface area contributed by atoms with Crippen LogP contribution in [0.2, 0.25) is 5.02 Å². The fraction of sp³-hybridized carbons (Fsp3) is 0.556. The summed E-state index contributed by atoms with van der Waals surface area (Å²) >= 11 is 6.15. The molecule has 0 radical (unpaired) electrons. The van der Waals surface area contributed by atoms with Crippen LogP contribution in [-0.2, 0) is 14.3 Å². The molecular weight excluding hydrogens is 342 g/mol. The molecule has 2 fully saturated rings. The number of nitrogens with zero attached hydrogens (tertiary/aromatic N) is 1. The van der Waals surface area contributed by atoms with Gasteiger partial charge in [0, 0.05) is 23.7 Å². The van der Waals surface area contributed by atoms with Crippen molar-refractivity contribution in [2.75, 3.05) is 50.8 Å². The number of morpholine rings is 1. The Bertz CT molecular complexity index is 646. The fourth-order valence-electron chi connectivity index (χ4n) is 3.30. The minimum Gasteiger partial charge on any atom is -0.370 e. The highest BCUT2D eigenvalue weighted by Gasteiger charge is 2.35. The second-order valence-electron chi connectivity index (χ2n) is 6.74. The normalized spacial score (nSPS) is 21.6. The summed E-state index contributed by atoms with van der Waals surface area (Å²) in [7, 11) is 0. The van der Waals surface area contributed by atoms with Crippen LogP contribution in [0.15, 0.2) is 18.2 Å². The van der Waals surface area contributed by atoms with Crippen LogP contribution in [0, 0.1) is 12.8 Å². The van der Waals surface area contributed by atoms with Gasteiger partial charge >= 0.3 is 0 Å². The zero-order valence-corrected chi connectivity index (χ0v) is 15.3. The highest BCUT2D eigenvalue weighted by atomic mass is 35.5. The monoisotopic (exact) mass is 366 g/mol. The first-order chi connectivity index (χ1) is 12.0. The number of carbonyl (C=O) groups excluding carboxylic acids is 2. The quantitative estimate of drug-likeness (QED) is 0.773. The van der Waals surface area contributed by atoms with E-state index in [-0.39, 0.29) is 24.2 Å². The van der Waals surface area contributed by atoms with E-state index in [4.69, 9.17) is 16.3 Å². The number of hydrogen-bond acceptors (Lipinski definition) is 3. The summed E-state index contributed by atoms with van der Waals surface area (Å²) in [4.78, 5) is 27.8. The standard InChI is InChI=1S/C18H24ClN3O3/c1-13-2-3-15(11-16(13)19)22-12-14(10-17(22)23)18(24)20-4-5-21-6-8-25-9-7-21/h2-3,11,14H,4-10,12H2,1H3,(H,20,24)/p+1/t14-/m1/s1. The van der Waals surface area contributed by atoms with Crippen LogP contribution in [0.5, 0.6) is 0 Å². The van der Waals surface area contributed by atoms with E-state index in [1.807, 2.05) is 19.1 Å². The minimum absolute atomic E-state index is 0.0288. The van der Waals surface area contributed by atoms with Gasteiger partial charge in [0.05, 0.1) is 32.2 Å². The summed E-state index contributed by atoms with van der Waals surface area (Å²) in [5.41, 5.74) is 1.73. The van der Waals surface area contributed by atoms with Crippen LogP contribution >= 0.6 is 11.6 Å². The highest BCUT2D eigenvalue weighted by Crippen LogP contribution is 2.28. The van der Waals surface area contributed by atoms with Crippen LogP contribution in [0.25, 0.3) is 0 Å². The molecule has 1 atom stereocenters. The maximum Gasteiger partial charge on any atom is 0.227 e. The molecule has 25 heavy (non-hydrogen) atoms. The van der Waals surface area contributed by atoms with Crippen molar-refractivity contribution in [3.63, 3.8) is 0 Å². The molecular formula is C18H25ClN3O3+. The predicted molar refractivity (Wildman–Crippen MR) is 96.0 cm³/mol. The molecule has 2 aliphatic rings. The number of carbonyl (C=O) groups is 2. The first kappa shape index (κ1) is 18.2. The largest absolute Gasteiger partial charge is 0.370 e. The van der Waals surface area contributed by atoms with Gasteiger partial charge in [0.2, 0.25) is 11.8 Å². The summed E-state index contributed by atoms with van der Waals surface area (Å²) < 4.78 is 5.33. The Kier molecular flexibility index (Phi) is 5.93. The number of quaternary nitrogens is 1. The van der Waals surface area contributed by atoms with Crippen molar-refractivity contribution < 1.29 is 19.2 Å². The minimum atomic E-state index is -0.299. The molecule has 0 bridgehead atoms. The number of aryl methyl sites for hydroxylation is 1. The molecule has 0 saturated carbocycles. The van der Waals surface area contributed by atoms with Gasteiger partial charge < -0.3 is 19.9 Å². The molecule has 0 aliphatic carbocycles. The lowest BCUT2D eigenvalue weighted by Crippen LogP contribution is -3.14. The Morgan fingerprint density at radius 1 is 1.40 bits per heavy atom. The third-order valence-electron chi connectivity index (χ3n) is 4.94. The number of ether oxygens (including phenoxy) is 1. The molecule has 136 valence electrons. The Balaban J connectivity index is 1.50. The van der Waals surface area contributed by atoms with Gasteiger partial charge in [-0.2, -0.15) is 0 Å². The fourth-order valence-corrected chi connectivity index (χ4v) is 3.47. The highest BCUT2D eigenvalue weighted by molar-refractivity contribution is 6.31. The Morgan fingerprint density at radius 2 is 2.16 bits per heavy atom. The predicted octanol–water partition coefficient (Wildman–Crippen LogP) is 0.0326. The van der Waals surface area contributed by atoms with E-state index in [9.17, 15) is 9.59 Å². The van der Waals surface area contributed by atoms with Gasteiger partial charge in [-0.15, -0.1) is 0 Å². The first-order valence-corrected chi connectivity index (χ1v) is 9.18. The molecule has 2 aliphatic heterocycles. The van der Waals surface area contributed by atoms with Crippen molar-refractivity contribution >= 4 is 29.1 Å². The van der Waals surface area contributed by atoms with Crippen LogP contribution in [0.3, 0.4) is 0 Å². The molecule has 6 nitrogen and oxygen atoms in total. The van der Waals surface area contributed by atoms with Crippen molar-refractivity contribution in [1.82, 2.24) is 5.32 Å². The second kappa shape index (κ2) is 8.17. The van der Waals surface area contributed by atoms with Crippen LogP contribution in [-0.4, -0.2) is 57.8 Å². The van der Waals surface area contributed by atoms with E-state index in [2.05, 4.69) is 5.32 Å². The summed E-state index contributed by atoms with van der Waals surface area (Å²) in [5.74, 6) is -0.368. The summed E-state index contributed by atoms with van der Waals surface area (Å²) in [5, 5.41) is 3.61. The molecule has 0 spiro atoms. The average Bonchev–Trinajstić information content (AvgIpc) is 3.00. The lowest BCUT2D eigenvalue weighted by molar-refractivity contribution is -0.906. The summed E-state index contributed by atoms with van der Waals surface area (Å²) in [6.45, 7) is 7.41. The maximum atomic E-state index is 12.4. The molecule has 2 saturated heterocycles. The van der Waals surface area contributed by atoms with E-state index in [1.165, 1.54) is 4.90 Å². The van der Waals surface area contributed by atoms with Crippen LogP contribution < -0.4 is 15.1 Å². The van der Waals surface area contributed by atoms with Gasteiger partial charge in [0.25, 0.3) is 0 Å². The average molecular weight is 367 g/mol. The van der Waals surface area contributed by atoms with Crippen molar-refractivity contribution in [2.24, 2.45) is 5.92 Å². The van der Waals surface area contributed by atoms with Crippen LogP contribution in [0.1, 0.15) is 12.0 Å². The number of rotatable bonds is 5. The number of hydrogen-bond donors (Lipinski definition) is 2. The van der Waals surface area contributed by atoms with Gasteiger partial charge in [-0.25, -0.2) is 0 Å². The molecule has 2 heterocycles. The van der Waals surface area contributed by atoms with Gasteiger partial charge in [-0.1, -0.05) is 17.7 Å². The van der Waals surface area contributed by atoms with E-state index in [0.717, 1.165) is 44.1 Å². The molecule has 7 heteroatoms. The van der Waals surface area contributed by atoms with Gasteiger partial charge in [0.1, 0.15) is 13.1 Å². The Labute approximate surface area is 153 Å². The third-order valence-corrected chi connectivity index (χ3v) is 5.35. The SMILES string of the molecule is Cc1ccc(N2C[C@H](C(=O)NCC[NH+]3CCOCC3)CC2=O)cc1Cl. The molecule has 0 unspecified atom stereocenters. The van der Waals surface area contributed by atoms with Gasteiger partial charge in [0.15, 0.2) is 0 Å². The molecule has 1 aromatic rings. The zero-order chi connectivity index (χ0) is 17.8. The van der Waals surface area contributed by atoms with E-state index in [0.29, 0.717) is 18.1 Å². The third kappa shape index (κ3) is 4.51. The molecule has 2 amide bonds. The van der Waals surface area contributed by atoms with E-state index >= 15 is 0 Å². The van der Waals surface area contributed by atoms with Crippen molar-refractivity contribution in [3.8, 4) is 0 Å². The van der Waals surface area contributed by atoms with Crippen molar-refractivity contribution in [2.45, 2.75) is 13.3 Å². The summed E-state index contributed by atoms with van der Waals surface area (Å²) in [6, 6.07) is 5.56. The van der Waals surface area contributed by atoms with Crippen molar-refractivity contribution in [1.29, 1.82) is 0 Å². The van der Waals surface area contributed by atoms with Gasteiger partial charge in [-0.05, 0) is 24.6 Å². The molecule has 1 aromatic carbocycles. The van der Waals surface area contributed by atoms with Crippen molar-refractivity contribution in [3.05, 3.63) is 28.8 Å². The molecule has 3 rings (SSSR count). The smallest absolute Gasteiger partial charge is 0.227 e. The van der Waals surface area contributed by atoms with E-state index in [1.54, 1.807) is 11.0 Å². The van der Waals surface area contributed by atoms with Gasteiger partial charge in [-0.3, -0.25) is 9.59 Å². The lowest BCUT2D eigenvalue weighted by atomic mass is 10.1. The number of halogens is 1. The maximum absolute atomic E-state index is 12.4. The number of amides is 2.